The molecule has 1 unspecified atom stereocenters. The smallest absolute Gasteiger partial charge is 0.169 e. The molecule has 0 aliphatic carbocycles. The van der Waals surface area contributed by atoms with E-state index in [-0.39, 0.29) is 5.56 Å². The summed E-state index contributed by atoms with van der Waals surface area (Å²) in [4.78, 5) is -1.57. The van der Waals surface area contributed by atoms with Gasteiger partial charge in [0.1, 0.15) is 4.83 Å². The van der Waals surface area contributed by atoms with Crippen molar-refractivity contribution in [3.05, 3.63) is 35.4 Å². The number of halogens is 4. The molecule has 1 atom stereocenters. The third-order valence-electron chi connectivity index (χ3n) is 1.97. The maximum Gasteiger partial charge on any atom is 0.405 e. The Labute approximate surface area is 89.3 Å². The van der Waals surface area contributed by atoms with Crippen molar-refractivity contribution < 1.29 is 13.2 Å². The summed E-state index contributed by atoms with van der Waals surface area (Å²) < 4.78 is 36.8. The lowest BCUT2D eigenvalue weighted by atomic mass is 10.1. The summed E-state index contributed by atoms with van der Waals surface area (Å²) in [6.45, 7) is 1.96. The van der Waals surface area contributed by atoms with Gasteiger partial charge in [-0.15, -0.1) is 0 Å². The van der Waals surface area contributed by atoms with Crippen LogP contribution in [0.1, 0.15) is 22.9 Å². The summed E-state index contributed by atoms with van der Waals surface area (Å²) in [5.41, 5.74) is 1.28. The molecule has 0 N–H and O–H groups in total. The molecule has 14 heavy (non-hydrogen) atoms. The summed E-state index contributed by atoms with van der Waals surface area (Å²) in [6, 6.07) is 6.45. The Balaban J connectivity index is 2.87. The first-order valence-electron chi connectivity index (χ1n) is 4.24. The van der Waals surface area contributed by atoms with Crippen LogP contribution in [0.5, 0.6) is 0 Å². The van der Waals surface area contributed by atoms with Gasteiger partial charge in [-0.1, -0.05) is 47.1 Å². The van der Waals surface area contributed by atoms with Gasteiger partial charge in [0.2, 0.25) is 0 Å². The molecule has 0 amide bonds. The van der Waals surface area contributed by atoms with Crippen molar-refractivity contribution in [1.29, 1.82) is 0 Å². The number of benzene rings is 1. The van der Waals surface area contributed by atoms with E-state index in [1.54, 1.807) is 12.1 Å². The highest BCUT2D eigenvalue weighted by atomic mass is 79.9. The SMILES string of the molecule is CCc1ccc(C(Br)C(F)(F)F)cc1. The molecule has 0 aliphatic rings. The normalized spacial score (nSPS) is 14.1. The van der Waals surface area contributed by atoms with Crippen LogP contribution < -0.4 is 0 Å². The fourth-order valence-corrected chi connectivity index (χ4v) is 1.42. The minimum absolute atomic E-state index is 0.245. The van der Waals surface area contributed by atoms with Gasteiger partial charge >= 0.3 is 6.18 Å². The number of aryl methyl sites for hydroxylation is 1. The summed E-state index contributed by atoms with van der Waals surface area (Å²) in [5, 5.41) is 0. The molecular weight excluding hydrogens is 257 g/mol. The van der Waals surface area contributed by atoms with Crippen LogP contribution in [-0.4, -0.2) is 6.18 Å². The molecule has 1 rings (SSSR count). The highest BCUT2D eigenvalue weighted by Gasteiger charge is 2.38. The van der Waals surface area contributed by atoms with Crippen molar-refractivity contribution in [3.8, 4) is 0 Å². The highest BCUT2D eigenvalue weighted by Crippen LogP contribution is 2.39. The van der Waals surface area contributed by atoms with E-state index in [1.807, 2.05) is 6.92 Å². The molecule has 0 nitrogen and oxygen atoms in total. The van der Waals surface area contributed by atoms with E-state index in [0.29, 0.717) is 0 Å². The molecule has 0 saturated carbocycles. The second-order valence-electron chi connectivity index (χ2n) is 3.00. The largest absolute Gasteiger partial charge is 0.405 e. The molecule has 0 radical (unpaired) electrons. The van der Waals surface area contributed by atoms with Crippen molar-refractivity contribution in [2.24, 2.45) is 0 Å². The zero-order valence-corrected chi connectivity index (χ0v) is 9.19. The lowest BCUT2D eigenvalue weighted by Crippen LogP contribution is -2.15. The molecule has 1 aromatic rings. The van der Waals surface area contributed by atoms with Gasteiger partial charge in [0.05, 0.1) is 0 Å². The number of alkyl halides is 4. The van der Waals surface area contributed by atoms with Crippen LogP contribution in [0, 0.1) is 0 Å². The van der Waals surface area contributed by atoms with Crippen LogP contribution in [0.3, 0.4) is 0 Å². The van der Waals surface area contributed by atoms with Gasteiger partial charge in [-0.05, 0) is 17.5 Å². The molecule has 0 aliphatic heterocycles. The average Bonchev–Trinajstić information content (AvgIpc) is 2.15. The fourth-order valence-electron chi connectivity index (χ4n) is 1.11. The highest BCUT2D eigenvalue weighted by molar-refractivity contribution is 9.09. The van der Waals surface area contributed by atoms with E-state index in [2.05, 4.69) is 15.9 Å². The van der Waals surface area contributed by atoms with E-state index in [0.717, 1.165) is 12.0 Å². The zero-order valence-electron chi connectivity index (χ0n) is 7.61. The van der Waals surface area contributed by atoms with Crippen molar-refractivity contribution in [2.75, 3.05) is 0 Å². The molecule has 78 valence electrons. The second kappa shape index (κ2) is 4.34. The van der Waals surface area contributed by atoms with Gasteiger partial charge in [-0.2, -0.15) is 13.2 Å². The van der Waals surface area contributed by atoms with Gasteiger partial charge in [-0.25, -0.2) is 0 Å². The summed E-state index contributed by atoms with van der Waals surface area (Å²) >= 11 is 2.63. The molecule has 0 fully saturated rings. The topological polar surface area (TPSA) is 0 Å². The second-order valence-corrected chi connectivity index (χ2v) is 3.91. The Hall–Kier alpha value is -0.510. The fraction of sp³-hybridized carbons (Fsp3) is 0.400. The number of hydrogen-bond donors (Lipinski definition) is 0. The van der Waals surface area contributed by atoms with E-state index >= 15 is 0 Å². The third kappa shape index (κ3) is 2.74. The standard InChI is InChI=1S/C10H10BrF3/c1-2-7-3-5-8(6-4-7)9(11)10(12,13)14/h3-6,9H,2H2,1H3. The van der Waals surface area contributed by atoms with Gasteiger partial charge < -0.3 is 0 Å². The predicted octanol–water partition coefficient (Wildman–Crippen LogP) is 4.25. The third-order valence-corrected chi connectivity index (χ3v) is 3.02. The molecule has 0 heterocycles. The first-order chi connectivity index (χ1) is 6.45. The number of rotatable bonds is 2. The zero-order chi connectivity index (χ0) is 10.8. The first-order valence-corrected chi connectivity index (χ1v) is 5.16. The van der Waals surface area contributed by atoms with Gasteiger partial charge in [-0.3, -0.25) is 0 Å². The summed E-state index contributed by atoms with van der Waals surface area (Å²) in [6.07, 6.45) is -3.40. The Morgan fingerprint density at radius 3 is 2.07 bits per heavy atom. The maximum absolute atomic E-state index is 12.3. The average molecular weight is 267 g/mol. The molecule has 0 bridgehead atoms. The Kier molecular flexibility index (Phi) is 3.59. The van der Waals surface area contributed by atoms with Crippen molar-refractivity contribution in [3.63, 3.8) is 0 Å². The maximum atomic E-state index is 12.3. The number of hydrogen-bond acceptors (Lipinski definition) is 0. The summed E-state index contributed by atoms with van der Waals surface area (Å²) in [7, 11) is 0. The lowest BCUT2D eigenvalue weighted by molar-refractivity contribution is -0.128. The molecule has 4 heteroatoms. The minimum atomic E-state index is -4.23. The van der Waals surface area contributed by atoms with E-state index in [4.69, 9.17) is 0 Å². The van der Waals surface area contributed by atoms with Crippen LogP contribution >= 0.6 is 15.9 Å². The lowest BCUT2D eigenvalue weighted by Gasteiger charge is -2.14. The van der Waals surface area contributed by atoms with Gasteiger partial charge in [0.25, 0.3) is 0 Å². The van der Waals surface area contributed by atoms with Crippen LogP contribution in [0.25, 0.3) is 0 Å². The Bertz CT molecular complexity index is 289. The Morgan fingerprint density at radius 2 is 1.71 bits per heavy atom. The van der Waals surface area contributed by atoms with Crippen molar-refractivity contribution >= 4 is 15.9 Å². The first kappa shape index (κ1) is 11.6. The molecule has 1 aromatic carbocycles. The van der Waals surface area contributed by atoms with Gasteiger partial charge in [0.15, 0.2) is 0 Å². The molecule has 0 aromatic heterocycles. The van der Waals surface area contributed by atoms with Crippen LogP contribution in [-0.2, 0) is 6.42 Å². The van der Waals surface area contributed by atoms with Crippen LogP contribution in [0.2, 0.25) is 0 Å². The molecule has 0 saturated heterocycles. The molecular formula is C10H10BrF3. The summed E-state index contributed by atoms with van der Waals surface area (Å²) in [5.74, 6) is 0. The predicted molar refractivity (Wildman–Crippen MR) is 53.5 cm³/mol. The monoisotopic (exact) mass is 266 g/mol. The quantitative estimate of drug-likeness (QED) is 0.703. The molecule has 0 spiro atoms. The van der Waals surface area contributed by atoms with E-state index in [1.165, 1.54) is 12.1 Å². The van der Waals surface area contributed by atoms with Crippen molar-refractivity contribution in [1.82, 2.24) is 0 Å². The van der Waals surface area contributed by atoms with E-state index in [9.17, 15) is 13.2 Å². The van der Waals surface area contributed by atoms with Crippen LogP contribution in [0.4, 0.5) is 13.2 Å². The Morgan fingerprint density at radius 1 is 1.21 bits per heavy atom. The van der Waals surface area contributed by atoms with Crippen LogP contribution in [0.15, 0.2) is 24.3 Å². The van der Waals surface area contributed by atoms with E-state index < -0.39 is 11.0 Å². The minimum Gasteiger partial charge on any atom is -0.169 e. The van der Waals surface area contributed by atoms with Gasteiger partial charge in [0, 0.05) is 0 Å². The van der Waals surface area contributed by atoms with Crippen molar-refractivity contribution in [2.45, 2.75) is 24.3 Å².